The number of rotatable bonds is 3. The van der Waals surface area contributed by atoms with Gasteiger partial charge in [0.25, 0.3) is 0 Å². The number of unbranched alkanes of at least 4 members (excludes halogenated alkanes) is 1. The molecule has 3 aromatic rings. The highest BCUT2D eigenvalue weighted by molar-refractivity contribution is 5.87. The lowest BCUT2D eigenvalue weighted by Crippen LogP contribution is -2.52. The molecule has 1 saturated carbocycles. The summed E-state index contributed by atoms with van der Waals surface area (Å²) >= 11 is 0. The maximum atomic E-state index is 5.31. The number of benzene rings is 1. The zero-order valence-corrected chi connectivity index (χ0v) is 20.0. The van der Waals surface area contributed by atoms with Crippen molar-refractivity contribution >= 4 is 16.9 Å². The van der Waals surface area contributed by atoms with Crippen LogP contribution in [-0.2, 0) is 11.1 Å². The molecule has 1 spiro atoms. The highest BCUT2D eigenvalue weighted by Crippen LogP contribution is 2.52. The van der Waals surface area contributed by atoms with Crippen molar-refractivity contribution in [3.8, 4) is 11.4 Å². The molecule has 31 heavy (non-hydrogen) atoms. The standard InChI is InChI=1S/C27H36N4/c1-7-8-15-30-24-20(11-12-23(29-24)26(4,5)6)25-28-21-16-18(2)19(3)17-22(21)31(25)27(30)13-9-10-14-27/h11-12,16-17H,7-10,13-15H2,1-6H3. The fourth-order valence-corrected chi connectivity index (χ4v) is 5.56. The Bertz CT molecular complexity index is 1140. The molecule has 0 unspecified atom stereocenters. The molecule has 2 aliphatic rings. The Hall–Kier alpha value is -2.36. The molecular weight excluding hydrogens is 380 g/mol. The molecule has 0 amide bonds. The quantitative estimate of drug-likeness (QED) is 0.468. The molecule has 2 aromatic heterocycles. The molecule has 0 N–H and O–H groups in total. The van der Waals surface area contributed by atoms with Crippen molar-refractivity contribution in [3.63, 3.8) is 0 Å². The minimum absolute atomic E-state index is 0.0279. The first-order valence-electron chi connectivity index (χ1n) is 12.1. The van der Waals surface area contributed by atoms with Gasteiger partial charge in [-0.25, -0.2) is 9.97 Å². The van der Waals surface area contributed by atoms with Gasteiger partial charge in [-0.2, -0.15) is 0 Å². The third-order valence-electron chi connectivity index (χ3n) is 7.47. The Balaban J connectivity index is 1.84. The lowest BCUT2D eigenvalue weighted by molar-refractivity contribution is 0.275. The number of anilines is 1. The number of fused-ring (bicyclic) bond motifs is 6. The summed E-state index contributed by atoms with van der Waals surface area (Å²) in [4.78, 5) is 13.2. The van der Waals surface area contributed by atoms with E-state index in [9.17, 15) is 0 Å². The van der Waals surface area contributed by atoms with Crippen LogP contribution >= 0.6 is 0 Å². The third-order valence-corrected chi connectivity index (χ3v) is 7.47. The van der Waals surface area contributed by atoms with E-state index in [0.29, 0.717) is 0 Å². The van der Waals surface area contributed by atoms with Crippen molar-refractivity contribution in [2.75, 3.05) is 11.4 Å². The molecule has 1 aliphatic carbocycles. The van der Waals surface area contributed by atoms with Crippen LogP contribution in [0.5, 0.6) is 0 Å². The van der Waals surface area contributed by atoms with Crippen molar-refractivity contribution in [1.82, 2.24) is 14.5 Å². The molecule has 164 valence electrons. The molecule has 3 heterocycles. The number of hydrogen-bond acceptors (Lipinski definition) is 3. The number of imidazole rings is 1. The molecule has 1 fully saturated rings. The molecule has 4 nitrogen and oxygen atoms in total. The Labute approximate surface area is 186 Å². The van der Waals surface area contributed by atoms with E-state index in [0.717, 1.165) is 29.4 Å². The summed E-state index contributed by atoms with van der Waals surface area (Å²) in [5, 5.41) is 0. The van der Waals surface area contributed by atoms with Crippen LogP contribution in [0.25, 0.3) is 22.4 Å². The maximum absolute atomic E-state index is 5.31. The van der Waals surface area contributed by atoms with E-state index < -0.39 is 0 Å². The van der Waals surface area contributed by atoms with E-state index in [1.807, 2.05) is 0 Å². The average Bonchev–Trinajstić information content (AvgIpc) is 3.33. The highest BCUT2D eigenvalue weighted by atomic mass is 15.4. The molecule has 0 bridgehead atoms. The second-order valence-corrected chi connectivity index (χ2v) is 10.7. The van der Waals surface area contributed by atoms with Crippen molar-refractivity contribution in [3.05, 3.63) is 41.1 Å². The number of aromatic nitrogens is 3. The maximum Gasteiger partial charge on any atom is 0.146 e. The Morgan fingerprint density at radius 2 is 1.71 bits per heavy atom. The van der Waals surface area contributed by atoms with E-state index >= 15 is 0 Å². The predicted molar refractivity (Wildman–Crippen MR) is 130 cm³/mol. The first-order valence-corrected chi connectivity index (χ1v) is 12.1. The largest absolute Gasteiger partial charge is 0.333 e. The van der Waals surface area contributed by atoms with Crippen molar-refractivity contribution in [2.45, 2.75) is 91.1 Å². The topological polar surface area (TPSA) is 34.0 Å². The minimum Gasteiger partial charge on any atom is -0.333 e. The SMILES string of the molecule is CCCCN1c2nc(C(C)(C)C)ccc2-c2nc3cc(C)c(C)cc3n2C12CCCC2. The van der Waals surface area contributed by atoms with E-state index in [1.165, 1.54) is 60.7 Å². The van der Waals surface area contributed by atoms with Gasteiger partial charge in [0.1, 0.15) is 17.3 Å². The zero-order valence-electron chi connectivity index (χ0n) is 20.0. The zero-order chi connectivity index (χ0) is 22.0. The Morgan fingerprint density at radius 1 is 1.00 bits per heavy atom. The van der Waals surface area contributed by atoms with Gasteiger partial charge in [-0.15, -0.1) is 0 Å². The van der Waals surface area contributed by atoms with Gasteiger partial charge in [0.05, 0.1) is 16.6 Å². The third kappa shape index (κ3) is 3.01. The van der Waals surface area contributed by atoms with Gasteiger partial charge in [0.2, 0.25) is 0 Å². The van der Waals surface area contributed by atoms with Crippen LogP contribution in [-0.4, -0.2) is 21.1 Å². The van der Waals surface area contributed by atoms with Crippen LogP contribution in [0.3, 0.4) is 0 Å². The average molecular weight is 417 g/mol. The lowest BCUT2D eigenvalue weighted by Gasteiger charge is -2.48. The lowest BCUT2D eigenvalue weighted by atomic mass is 9.90. The van der Waals surface area contributed by atoms with Gasteiger partial charge in [-0.3, -0.25) is 4.57 Å². The molecule has 1 aromatic carbocycles. The molecule has 5 rings (SSSR count). The number of aryl methyl sites for hydroxylation is 2. The molecule has 0 radical (unpaired) electrons. The molecule has 0 saturated heterocycles. The predicted octanol–water partition coefficient (Wildman–Crippen LogP) is 6.86. The van der Waals surface area contributed by atoms with Gasteiger partial charge < -0.3 is 4.90 Å². The van der Waals surface area contributed by atoms with Crippen molar-refractivity contribution < 1.29 is 0 Å². The van der Waals surface area contributed by atoms with Gasteiger partial charge in [-0.1, -0.05) is 34.1 Å². The van der Waals surface area contributed by atoms with E-state index in [2.05, 4.69) is 75.3 Å². The fraction of sp³-hybridized carbons (Fsp3) is 0.556. The Kier molecular flexibility index (Phi) is 4.69. The van der Waals surface area contributed by atoms with E-state index in [4.69, 9.17) is 9.97 Å². The Morgan fingerprint density at radius 3 is 2.39 bits per heavy atom. The van der Waals surface area contributed by atoms with Gasteiger partial charge in [0, 0.05) is 17.7 Å². The second kappa shape index (κ2) is 7.08. The monoisotopic (exact) mass is 416 g/mol. The summed E-state index contributed by atoms with van der Waals surface area (Å²) in [6.45, 7) is 14.5. The van der Waals surface area contributed by atoms with Gasteiger partial charge in [-0.05, 0) is 81.3 Å². The first-order chi connectivity index (χ1) is 14.8. The summed E-state index contributed by atoms with van der Waals surface area (Å²) in [5.41, 5.74) is 7.39. The van der Waals surface area contributed by atoms with Crippen LogP contribution in [0.2, 0.25) is 0 Å². The van der Waals surface area contributed by atoms with Crippen LogP contribution < -0.4 is 4.90 Å². The summed E-state index contributed by atoms with van der Waals surface area (Å²) in [6, 6.07) is 9.12. The molecule has 1 aliphatic heterocycles. The second-order valence-electron chi connectivity index (χ2n) is 10.7. The van der Waals surface area contributed by atoms with Crippen LogP contribution in [0.15, 0.2) is 24.3 Å². The van der Waals surface area contributed by atoms with Crippen LogP contribution in [0.4, 0.5) is 5.82 Å². The highest BCUT2D eigenvalue weighted by Gasteiger charge is 2.48. The van der Waals surface area contributed by atoms with Crippen molar-refractivity contribution in [1.29, 1.82) is 0 Å². The summed E-state index contributed by atoms with van der Waals surface area (Å²) in [5.74, 6) is 2.26. The van der Waals surface area contributed by atoms with Gasteiger partial charge in [0.15, 0.2) is 0 Å². The van der Waals surface area contributed by atoms with E-state index in [-0.39, 0.29) is 11.1 Å². The smallest absolute Gasteiger partial charge is 0.146 e. The first kappa shape index (κ1) is 20.5. The summed E-state index contributed by atoms with van der Waals surface area (Å²) in [6.07, 6.45) is 7.24. The summed E-state index contributed by atoms with van der Waals surface area (Å²) < 4.78 is 2.60. The van der Waals surface area contributed by atoms with E-state index in [1.54, 1.807) is 0 Å². The number of nitrogens with zero attached hydrogens (tertiary/aromatic N) is 4. The van der Waals surface area contributed by atoms with Crippen molar-refractivity contribution in [2.24, 2.45) is 0 Å². The number of pyridine rings is 1. The van der Waals surface area contributed by atoms with Crippen LogP contribution in [0, 0.1) is 13.8 Å². The number of hydrogen-bond donors (Lipinski definition) is 0. The normalized spacial score (nSPS) is 17.4. The molecule has 0 atom stereocenters. The molecular formula is C27H36N4. The van der Waals surface area contributed by atoms with Gasteiger partial charge >= 0.3 is 0 Å². The minimum atomic E-state index is -0.0442. The summed E-state index contributed by atoms with van der Waals surface area (Å²) in [7, 11) is 0. The molecule has 4 heteroatoms. The van der Waals surface area contributed by atoms with Crippen LogP contribution in [0.1, 0.15) is 83.0 Å². The fourth-order valence-electron chi connectivity index (χ4n) is 5.56.